The molecule has 0 aliphatic carbocycles. The number of hydrogen-bond donors (Lipinski definition) is 0. The number of ether oxygens (including phenoxy) is 1. The maximum absolute atomic E-state index is 6.23. The second-order valence-electron chi connectivity index (χ2n) is 6.99. The molecule has 0 radical (unpaired) electrons. The maximum atomic E-state index is 6.23. The molecule has 1 nitrogen and oxygen atoms in total. The molecule has 1 aliphatic heterocycles. The van der Waals surface area contributed by atoms with Crippen molar-refractivity contribution in [1.29, 1.82) is 0 Å². The summed E-state index contributed by atoms with van der Waals surface area (Å²) < 4.78 is 9.29. The number of hydrogen-bond acceptors (Lipinski definition) is 1. The van der Waals surface area contributed by atoms with Gasteiger partial charge in [-0.05, 0) is 0 Å². The van der Waals surface area contributed by atoms with Crippen molar-refractivity contribution >= 4 is 0 Å². The van der Waals surface area contributed by atoms with Gasteiger partial charge in [-0.3, -0.25) is 0 Å². The van der Waals surface area contributed by atoms with Gasteiger partial charge in [0.2, 0.25) is 0 Å². The molecule has 1 unspecified atom stereocenters. The summed E-state index contributed by atoms with van der Waals surface area (Å²) in [6.07, 6.45) is 4.27. The Labute approximate surface area is 157 Å². The third kappa shape index (κ3) is 4.33. The Kier molecular flexibility index (Phi) is 6.20. The third-order valence-corrected chi connectivity index (χ3v) is 7.90. The number of para-hydroxylation sites is 1. The zero-order valence-corrected chi connectivity index (χ0v) is 17.2. The van der Waals surface area contributed by atoms with Crippen molar-refractivity contribution in [2.24, 2.45) is 5.92 Å². The Bertz CT molecular complexity index is 659. The van der Waals surface area contributed by atoms with E-state index < -0.39 is 0 Å². The van der Waals surface area contributed by atoms with Crippen molar-refractivity contribution in [3.05, 3.63) is 59.2 Å². The van der Waals surface area contributed by atoms with E-state index in [0.29, 0.717) is 27.1 Å². The first-order chi connectivity index (χ1) is 11.6. The van der Waals surface area contributed by atoms with E-state index >= 15 is 0 Å². The van der Waals surface area contributed by atoms with Crippen LogP contribution in [0.5, 0.6) is 11.5 Å². The van der Waals surface area contributed by atoms with Crippen LogP contribution < -0.4 is 25.9 Å². The molecule has 0 amide bonds. The topological polar surface area (TPSA) is 9.23 Å². The number of benzene rings is 2. The van der Waals surface area contributed by atoms with Crippen molar-refractivity contribution in [1.82, 2.24) is 0 Å². The van der Waals surface area contributed by atoms with Crippen molar-refractivity contribution < 1.29 is 25.9 Å². The van der Waals surface area contributed by atoms with E-state index in [1.165, 1.54) is 44.8 Å². The van der Waals surface area contributed by atoms with Crippen LogP contribution in [-0.2, 0) is 0 Å². The van der Waals surface area contributed by atoms with Crippen LogP contribution in [0.3, 0.4) is 0 Å². The number of aryl methyl sites for hydroxylation is 1. The van der Waals surface area contributed by atoms with Gasteiger partial charge in [0.05, 0.1) is 0 Å². The van der Waals surface area contributed by atoms with E-state index in [0.717, 1.165) is 17.4 Å². The van der Waals surface area contributed by atoms with Gasteiger partial charge in [-0.2, -0.15) is 0 Å². The predicted molar refractivity (Wildman–Crippen MR) is 97.9 cm³/mol. The van der Waals surface area contributed by atoms with Crippen LogP contribution in [0.1, 0.15) is 48.8 Å². The Morgan fingerprint density at radius 2 is 1.75 bits per heavy atom. The van der Waals surface area contributed by atoms with Gasteiger partial charge < -0.3 is 0 Å². The molecule has 1 aliphatic rings. The Hall–Kier alpha value is -1.03. The molecular weight excluding hydrogens is 407 g/mol. The Morgan fingerprint density at radius 3 is 2.46 bits per heavy atom. The van der Waals surface area contributed by atoms with Crippen molar-refractivity contribution in [2.75, 3.05) is 8.86 Å². The van der Waals surface area contributed by atoms with Crippen molar-refractivity contribution in [3.63, 3.8) is 0 Å². The van der Waals surface area contributed by atoms with Crippen LogP contribution in [0.25, 0.3) is 0 Å². The van der Waals surface area contributed by atoms with Crippen LogP contribution in [0.2, 0.25) is 0 Å². The molecule has 3 rings (SSSR count). The molecule has 0 spiro atoms. The summed E-state index contributed by atoms with van der Waals surface area (Å²) in [4.78, 5) is 0. The van der Waals surface area contributed by atoms with E-state index in [1.54, 1.807) is 0 Å². The molecular formula is C22H28IO-. The molecule has 1 heterocycles. The first-order valence-corrected chi connectivity index (χ1v) is 12.1. The second kappa shape index (κ2) is 8.37. The van der Waals surface area contributed by atoms with E-state index in [4.69, 9.17) is 4.74 Å². The van der Waals surface area contributed by atoms with Crippen LogP contribution in [0, 0.1) is 19.8 Å². The number of rotatable bonds is 5. The van der Waals surface area contributed by atoms with Crippen LogP contribution in [0.15, 0.2) is 42.5 Å². The summed E-state index contributed by atoms with van der Waals surface area (Å²) >= 11 is 0.541. The zero-order chi connectivity index (χ0) is 16.9. The van der Waals surface area contributed by atoms with E-state index in [1.807, 2.05) is 30.3 Å². The van der Waals surface area contributed by atoms with Gasteiger partial charge in [-0.15, -0.1) is 0 Å². The molecule has 2 heteroatoms. The first-order valence-electron chi connectivity index (χ1n) is 9.01. The standard InChI is InChI=1S/C22H28IO/c1-16-9-10-21(17(2)15-19-11-13-23-14-12-19)18(3)22(16)24-20-7-5-4-6-8-20/h4-10,17,19H,11-15H2,1-3H3/q-1. The average molecular weight is 435 g/mol. The zero-order valence-electron chi connectivity index (χ0n) is 15.0. The number of alkyl halides is 2. The fraction of sp³-hybridized carbons (Fsp3) is 0.455. The Morgan fingerprint density at radius 1 is 1.04 bits per heavy atom. The minimum atomic E-state index is 0.541. The summed E-state index contributed by atoms with van der Waals surface area (Å²) in [6, 6.07) is 14.7. The van der Waals surface area contributed by atoms with E-state index in [9.17, 15) is 0 Å². The van der Waals surface area contributed by atoms with Gasteiger partial charge in [0, 0.05) is 0 Å². The van der Waals surface area contributed by atoms with E-state index in [2.05, 4.69) is 32.9 Å². The van der Waals surface area contributed by atoms with Gasteiger partial charge in [-0.25, -0.2) is 0 Å². The molecule has 24 heavy (non-hydrogen) atoms. The minimum absolute atomic E-state index is 0.541. The normalized spacial score (nSPS) is 17.1. The van der Waals surface area contributed by atoms with Crippen LogP contribution in [-0.4, -0.2) is 8.86 Å². The summed E-state index contributed by atoms with van der Waals surface area (Å²) in [5.41, 5.74) is 4.00. The predicted octanol–water partition coefficient (Wildman–Crippen LogP) is 3.09. The first kappa shape index (κ1) is 17.8. The van der Waals surface area contributed by atoms with Gasteiger partial charge in [0.1, 0.15) is 0 Å². The number of halogens is 1. The fourth-order valence-corrected chi connectivity index (χ4v) is 6.89. The molecule has 2 aromatic carbocycles. The average Bonchev–Trinajstić information content (AvgIpc) is 2.60. The van der Waals surface area contributed by atoms with E-state index in [-0.39, 0.29) is 0 Å². The molecule has 0 aromatic heterocycles. The second-order valence-corrected chi connectivity index (χ2v) is 10.2. The molecule has 1 saturated heterocycles. The van der Waals surface area contributed by atoms with Gasteiger partial charge in [0.25, 0.3) is 0 Å². The van der Waals surface area contributed by atoms with Gasteiger partial charge in [-0.1, -0.05) is 6.07 Å². The molecule has 130 valence electrons. The fourth-order valence-electron chi connectivity index (χ4n) is 3.70. The molecule has 1 fully saturated rings. The Balaban J connectivity index is 1.79. The molecule has 0 N–H and O–H groups in total. The third-order valence-electron chi connectivity index (χ3n) is 5.13. The van der Waals surface area contributed by atoms with Gasteiger partial charge >= 0.3 is 151 Å². The van der Waals surface area contributed by atoms with Crippen LogP contribution >= 0.6 is 0 Å². The monoisotopic (exact) mass is 435 g/mol. The summed E-state index contributed by atoms with van der Waals surface area (Å²) in [6.45, 7) is 6.77. The van der Waals surface area contributed by atoms with Gasteiger partial charge in [0.15, 0.2) is 0 Å². The summed E-state index contributed by atoms with van der Waals surface area (Å²) in [5, 5.41) is 0. The van der Waals surface area contributed by atoms with Crippen molar-refractivity contribution in [2.45, 2.75) is 46.0 Å². The molecule has 2 aromatic rings. The summed E-state index contributed by atoms with van der Waals surface area (Å²) in [5.74, 6) is 3.52. The summed E-state index contributed by atoms with van der Waals surface area (Å²) in [7, 11) is 0. The van der Waals surface area contributed by atoms with Crippen LogP contribution in [0.4, 0.5) is 0 Å². The SMILES string of the molecule is Cc1ccc(C(C)CC2CC[I-]CC2)c(C)c1Oc1ccccc1. The van der Waals surface area contributed by atoms with Crippen molar-refractivity contribution in [3.8, 4) is 11.5 Å². The molecule has 0 saturated carbocycles. The quantitative estimate of drug-likeness (QED) is 0.518. The molecule has 1 atom stereocenters. The molecule has 0 bridgehead atoms.